The van der Waals surface area contributed by atoms with Gasteiger partial charge in [0.15, 0.2) is 4.93 Å². The monoisotopic (exact) mass is 258 g/mol. The van der Waals surface area contributed by atoms with Gasteiger partial charge in [-0.15, -0.1) is 0 Å². The molecular weight excluding hydrogens is 244 g/mol. The van der Waals surface area contributed by atoms with Gasteiger partial charge in [0.25, 0.3) is 10.1 Å². The molecule has 0 aromatic heterocycles. The number of aryl methyl sites for hydroxylation is 1. The van der Waals surface area contributed by atoms with Crippen molar-refractivity contribution in [1.29, 1.82) is 0 Å². The second-order valence-electron chi connectivity index (χ2n) is 4.23. The van der Waals surface area contributed by atoms with Gasteiger partial charge in [0.2, 0.25) is 0 Å². The smallest absolute Gasteiger partial charge is 0.295 e. The summed E-state index contributed by atoms with van der Waals surface area (Å²) in [5, 5.41) is 9.91. The average molecular weight is 258 g/mol. The van der Waals surface area contributed by atoms with E-state index in [1.54, 1.807) is 19.2 Å². The topological polar surface area (TPSA) is 83.8 Å². The highest BCUT2D eigenvalue weighted by Crippen LogP contribution is 2.33. The molecule has 1 aromatic rings. The maximum atomic E-state index is 11.1. The molecule has 0 spiro atoms. The normalized spacial score (nSPS) is 24.2. The van der Waals surface area contributed by atoms with Crippen LogP contribution >= 0.6 is 0 Å². The zero-order chi connectivity index (χ0) is 12.7. The summed E-state index contributed by atoms with van der Waals surface area (Å²) < 4.78 is 36.3. The van der Waals surface area contributed by atoms with Gasteiger partial charge in [0.05, 0.1) is 7.11 Å². The lowest BCUT2D eigenvalue weighted by Crippen LogP contribution is -2.43. The lowest BCUT2D eigenvalue weighted by atomic mass is 9.89. The Labute approximate surface area is 99.8 Å². The molecule has 6 heteroatoms. The van der Waals surface area contributed by atoms with Gasteiger partial charge < -0.3 is 9.84 Å². The van der Waals surface area contributed by atoms with E-state index in [0.717, 1.165) is 11.1 Å². The molecule has 94 valence electrons. The molecule has 2 N–H and O–H groups in total. The van der Waals surface area contributed by atoms with Crippen LogP contribution in [0.5, 0.6) is 5.75 Å². The molecule has 0 saturated heterocycles. The van der Waals surface area contributed by atoms with Gasteiger partial charge in [0.1, 0.15) is 5.75 Å². The molecule has 0 saturated carbocycles. The molecule has 0 bridgehead atoms. The second-order valence-corrected chi connectivity index (χ2v) is 5.94. The summed E-state index contributed by atoms with van der Waals surface area (Å²) >= 11 is 0. The standard InChI is InChI=1S/C11H14O5S/c1-16-10-3-2-9-7-11(12,17(13,14)15)5-4-8(9)6-10/h2-3,6,12H,4-5,7H2,1H3,(H,13,14,15)/t11-/m1/s1. The number of methoxy groups -OCH3 is 1. The summed E-state index contributed by atoms with van der Waals surface area (Å²) in [7, 11) is -2.90. The summed E-state index contributed by atoms with van der Waals surface area (Å²) in [6.07, 6.45) is 0.292. The van der Waals surface area contributed by atoms with E-state index in [1.165, 1.54) is 0 Å². The number of hydrogen-bond acceptors (Lipinski definition) is 4. The zero-order valence-corrected chi connectivity index (χ0v) is 10.2. The Bertz CT molecular complexity index is 537. The molecule has 0 radical (unpaired) electrons. The molecule has 2 rings (SSSR count). The molecule has 1 aromatic carbocycles. The second kappa shape index (κ2) is 3.97. The first kappa shape index (κ1) is 12.3. The Morgan fingerprint density at radius 2 is 2.06 bits per heavy atom. The van der Waals surface area contributed by atoms with Gasteiger partial charge in [-0.3, -0.25) is 4.55 Å². The van der Waals surface area contributed by atoms with Crippen LogP contribution in [-0.4, -0.2) is 30.1 Å². The third-order valence-corrected chi connectivity index (χ3v) is 4.45. The van der Waals surface area contributed by atoms with Crippen molar-refractivity contribution in [1.82, 2.24) is 0 Å². The van der Waals surface area contributed by atoms with Crippen molar-refractivity contribution in [2.45, 2.75) is 24.2 Å². The third-order valence-electron chi connectivity index (χ3n) is 3.15. The van der Waals surface area contributed by atoms with Gasteiger partial charge in [-0.05, 0) is 36.1 Å². The van der Waals surface area contributed by atoms with Crippen LogP contribution in [0.25, 0.3) is 0 Å². The highest BCUT2D eigenvalue weighted by molar-refractivity contribution is 7.87. The van der Waals surface area contributed by atoms with Gasteiger partial charge in [-0.2, -0.15) is 8.42 Å². The molecule has 0 fully saturated rings. The Morgan fingerprint density at radius 1 is 1.35 bits per heavy atom. The fraction of sp³-hybridized carbons (Fsp3) is 0.455. The molecule has 1 aliphatic carbocycles. The number of hydrogen-bond donors (Lipinski definition) is 2. The Hall–Kier alpha value is -1.11. The maximum Gasteiger partial charge on any atom is 0.295 e. The van der Waals surface area contributed by atoms with Crippen molar-refractivity contribution in [2.75, 3.05) is 7.11 Å². The number of rotatable bonds is 2. The highest BCUT2D eigenvalue weighted by Gasteiger charge is 2.43. The lowest BCUT2D eigenvalue weighted by Gasteiger charge is -2.30. The first-order valence-electron chi connectivity index (χ1n) is 5.21. The summed E-state index contributed by atoms with van der Waals surface area (Å²) in [6, 6.07) is 5.23. The Morgan fingerprint density at radius 3 is 2.65 bits per heavy atom. The van der Waals surface area contributed by atoms with E-state index < -0.39 is 15.1 Å². The molecule has 0 unspecified atom stereocenters. The Kier molecular flexibility index (Phi) is 2.89. The molecule has 1 atom stereocenters. The van der Waals surface area contributed by atoms with Crippen LogP contribution in [0.15, 0.2) is 18.2 Å². The van der Waals surface area contributed by atoms with Crippen molar-refractivity contribution < 1.29 is 22.8 Å². The summed E-state index contributed by atoms with van der Waals surface area (Å²) in [5.41, 5.74) is 1.66. The van der Waals surface area contributed by atoms with E-state index in [9.17, 15) is 13.5 Å². The molecule has 0 aliphatic heterocycles. The van der Waals surface area contributed by atoms with Crippen LogP contribution < -0.4 is 4.74 Å². The van der Waals surface area contributed by atoms with E-state index in [1.807, 2.05) is 6.07 Å². The zero-order valence-electron chi connectivity index (χ0n) is 9.38. The number of benzene rings is 1. The molecule has 0 heterocycles. The third kappa shape index (κ3) is 2.15. The van der Waals surface area contributed by atoms with E-state index in [0.29, 0.717) is 12.2 Å². The van der Waals surface area contributed by atoms with Crippen molar-refractivity contribution in [3.05, 3.63) is 29.3 Å². The van der Waals surface area contributed by atoms with E-state index in [-0.39, 0.29) is 12.8 Å². The fourth-order valence-electron chi connectivity index (χ4n) is 2.07. The number of aliphatic hydroxyl groups is 1. The van der Waals surface area contributed by atoms with Gasteiger partial charge in [0, 0.05) is 6.42 Å². The van der Waals surface area contributed by atoms with Crippen LogP contribution in [-0.2, 0) is 23.0 Å². The quantitative estimate of drug-likeness (QED) is 0.765. The maximum absolute atomic E-state index is 11.1. The van der Waals surface area contributed by atoms with Crippen LogP contribution in [0, 0.1) is 0 Å². The Balaban J connectivity index is 2.38. The largest absolute Gasteiger partial charge is 0.497 e. The molecule has 17 heavy (non-hydrogen) atoms. The van der Waals surface area contributed by atoms with Gasteiger partial charge >= 0.3 is 0 Å². The number of fused-ring (bicyclic) bond motifs is 1. The van der Waals surface area contributed by atoms with Crippen LogP contribution in [0.1, 0.15) is 17.5 Å². The van der Waals surface area contributed by atoms with Crippen molar-refractivity contribution >= 4 is 10.1 Å². The predicted molar refractivity (Wildman–Crippen MR) is 61.5 cm³/mol. The van der Waals surface area contributed by atoms with E-state index >= 15 is 0 Å². The predicted octanol–water partition coefficient (Wildman–Crippen LogP) is 0.760. The summed E-state index contributed by atoms with van der Waals surface area (Å²) in [4.78, 5) is -2.06. The van der Waals surface area contributed by atoms with E-state index in [4.69, 9.17) is 9.29 Å². The minimum Gasteiger partial charge on any atom is -0.497 e. The van der Waals surface area contributed by atoms with Crippen LogP contribution in [0.3, 0.4) is 0 Å². The lowest BCUT2D eigenvalue weighted by molar-refractivity contribution is 0.0981. The van der Waals surface area contributed by atoms with Gasteiger partial charge in [-0.1, -0.05) is 6.07 Å². The van der Waals surface area contributed by atoms with Crippen molar-refractivity contribution in [2.24, 2.45) is 0 Å². The van der Waals surface area contributed by atoms with Gasteiger partial charge in [-0.25, -0.2) is 0 Å². The molecular formula is C11H14O5S. The SMILES string of the molecule is COc1ccc2c(c1)CC[C@@](O)(S(=O)(=O)O)C2. The van der Waals surface area contributed by atoms with Crippen molar-refractivity contribution in [3.63, 3.8) is 0 Å². The highest BCUT2D eigenvalue weighted by atomic mass is 32.2. The minimum atomic E-state index is -4.46. The first-order valence-corrected chi connectivity index (χ1v) is 6.65. The number of ether oxygens (including phenoxy) is 1. The van der Waals surface area contributed by atoms with Crippen LogP contribution in [0.2, 0.25) is 0 Å². The first-order chi connectivity index (χ1) is 7.86. The molecule has 0 amide bonds. The summed E-state index contributed by atoms with van der Waals surface area (Å²) in [5.74, 6) is 0.695. The molecule has 1 aliphatic rings. The average Bonchev–Trinajstić information content (AvgIpc) is 2.27. The van der Waals surface area contributed by atoms with Crippen molar-refractivity contribution in [3.8, 4) is 5.75 Å². The minimum absolute atomic E-state index is 0.00794. The van der Waals surface area contributed by atoms with Crippen LogP contribution in [0.4, 0.5) is 0 Å². The summed E-state index contributed by atoms with van der Waals surface area (Å²) in [6.45, 7) is 0. The van der Waals surface area contributed by atoms with E-state index in [2.05, 4.69) is 0 Å². The molecule has 5 nitrogen and oxygen atoms in total. The fourth-order valence-corrected chi connectivity index (χ4v) is 2.77.